The van der Waals surface area contributed by atoms with Crippen LogP contribution in [-0.2, 0) is 6.42 Å². The molecule has 0 aliphatic carbocycles. The summed E-state index contributed by atoms with van der Waals surface area (Å²) in [6.07, 6.45) is 0.346. The average molecular weight is 430 g/mol. The summed E-state index contributed by atoms with van der Waals surface area (Å²) < 4.78 is 61.1. The van der Waals surface area contributed by atoms with Gasteiger partial charge in [-0.05, 0) is 35.1 Å². The molecule has 5 heteroatoms. The van der Waals surface area contributed by atoms with Crippen molar-refractivity contribution in [3.05, 3.63) is 77.9 Å². The number of hydrogen-bond donors (Lipinski definition) is 0. The van der Waals surface area contributed by atoms with Crippen LogP contribution in [0, 0.1) is 11.6 Å². The monoisotopic (exact) mass is 430 g/mol. The van der Waals surface area contributed by atoms with E-state index in [1.807, 2.05) is 24.3 Å². The zero-order chi connectivity index (χ0) is 22.4. The molecule has 0 bridgehead atoms. The Morgan fingerprint density at radius 2 is 1.42 bits per heavy atom. The first kappa shape index (κ1) is 22.9. The number of alkyl halides is 2. The molecule has 0 spiro atoms. The van der Waals surface area contributed by atoms with Crippen LogP contribution < -0.4 is 4.74 Å². The van der Waals surface area contributed by atoms with Crippen LogP contribution in [0.5, 0.6) is 5.75 Å². The molecule has 3 rings (SSSR count). The third kappa shape index (κ3) is 5.66. The molecule has 164 valence electrons. The van der Waals surface area contributed by atoms with Gasteiger partial charge in [0.05, 0.1) is 5.56 Å². The predicted octanol–water partition coefficient (Wildman–Crippen LogP) is 8.41. The Labute approximate surface area is 180 Å². The molecule has 0 N–H and O–H groups in total. The lowest BCUT2D eigenvalue weighted by atomic mass is 9.93. The fourth-order valence-electron chi connectivity index (χ4n) is 3.49. The molecule has 0 amide bonds. The molecule has 0 saturated carbocycles. The van der Waals surface area contributed by atoms with E-state index in [0.717, 1.165) is 37.0 Å². The van der Waals surface area contributed by atoms with Gasteiger partial charge in [0.15, 0.2) is 0 Å². The van der Waals surface area contributed by atoms with E-state index >= 15 is 0 Å². The van der Waals surface area contributed by atoms with Crippen molar-refractivity contribution >= 4 is 0 Å². The van der Waals surface area contributed by atoms with Gasteiger partial charge in [-0.1, -0.05) is 75.2 Å². The second-order valence-electron chi connectivity index (χ2n) is 7.55. The van der Waals surface area contributed by atoms with E-state index in [-0.39, 0.29) is 5.56 Å². The van der Waals surface area contributed by atoms with Gasteiger partial charge in [-0.15, -0.1) is 0 Å². The summed E-state index contributed by atoms with van der Waals surface area (Å²) in [4.78, 5) is 0. The Morgan fingerprint density at radius 3 is 2.00 bits per heavy atom. The number of aryl methyl sites for hydroxylation is 1. The van der Waals surface area contributed by atoms with Crippen LogP contribution in [-0.4, -0.2) is 6.11 Å². The van der Waals surface area contributed by atoms with Crippen molar-refractivity contribution in [1.82, 2.24) is 0 Å². The third-order valence-corrected chi connectivity index (χ3v) is 5.22. The molecule has 0 unspecified atom stereocenters. The Kier molecular flexibility index (Phi) is 7.37. The number of rotatable bonds is 9. The molecule has 0 atom stereocenters. The van der Waals surface area contributed by atoms with Crippen LogP contribution >= 0.6 is 0 Å². The second kappa shape index (κ2) is 9.99. The molecule has 3 aromatic rings. The summed E-state index contributed by atoms with van der Waals surface area (Å²) in [5, 5.41) is 0. The van der Waals surface area contributed by atoms with Crippen LogP contribution in [0.3, 0.4) is 0 Å². The SMILES string of the molecule is CCCCCc1ccc(-c2ccccc2-c2c(F)cc(OC(F)(F)CC)cc2F)cc1. The van der Waals surface area contributed by atoms with Gasteiger partial charge in [-0.3, -0.25) is 0 Å². The first-order chi connectivity index (χ1) is 14.8. The molecule has 0 radical (unpaired) electrons. The normalized spacial score (nSPS) is 11.5. The van der Waals surface area contributed by atoms with Crippen LogP contribution in [0.1, 0.15) is 45.1 Å². The molecular weight excluding hydrogens is 404 g/mol. The van der Waals surface area contributed by atoms with Crippen LogP contribution in [0.25, 0.3) is 22.3 Å². The van der Waals surface area contributed by atoms with Gasteiger partial charge in [-0.2, -0.15) is 8.78 Å². The zero-order valence-corrected chi connectivity index (χ0v) is 17.7. The Bertz CT molecular complexity index is 989. The summed E-state index contributed by atoms with van der Waals surface area (Å²) in [5.41, 5.74) is 2.78. The topological polar surface area (TPSA) is 9.23 Å². The highest BCUT2D eigenvalue weighted by molar-refractivity contribution is 5.84. The molecule has 0 aliphatic heterocycles. The quantitative estimate of drug-likeness (QED) is 0.245. The van der Waals surface area contributed by atoms with E-state index in [4.69, 9.17) is 0 Å². The Hall–Kier alpha value is -2.82. The summed E-state index contributed by atoms with van der Waals surface area (Å²) in [6, 6.07) is 16.4. The van der Waals surface area contributed by atoms with E-state index in [1.54, 1.807) is 24.3 Å². The summed E-state index contributed by atoms with van der Waals surface area (Å²) in [6.45, 7) is 3.39. The standard InChI is InChI=1S/C26H26F4O/c1-3-5-6-9-18-12-14-19(15-13-18)21-10-7-8-11-22(21)25-23(27)16-20(17-24(25)28)31-26(29,30)4-2/h7-8,10-17H,3-6,9H2,1-2H3. The lowest BCUT2D eigenvalue weighted by Gasteiger charge is -2.18. The highest BCUT2D eigenvalue weighted by atomic mass is 19.3. The predicted molar refractivity (Wildman–Crippen MR) is 116 cm³/mol. The van der Waals surface area contributed by atoms with E-state index in [9.17, 15) is 17.6 Å². The molecular formula is C26H26F4O. The van der Waals surface area contributed by atoms with E-state index in [2.05, 4.69) is 11.7 Å². The molecule has 31 heavy (non-hydrogen) atoms. The maximum atomic E-state index is 14.8. The number of hydrogen-bond acceptors (Lipinski definition) is 1. The van der Waals surface area contributed by atoms with Crippen molar-refractivity contribution in [3.63, 3.8) is 0 Å². The average Bonchev–Trinajstić information content (AvgIpc) is 2.74. The van der Waals surface area contributed by atoms with Crippen molar-refractivity contribution in [2.45, 2.75) is 52.1 Å². The second-order valence-corrected chi connectivity index (χ2v) is 7.55. The van der Waals surface area contributed by atoms with Crippen molar-refractivity contribution in [3.8, 4) is 28.0 Å². The highest BCUT2D eigenvalue weighted by Crippen LogP contribution is 2.37. The molecule has 1 nitrogen and oxygen atoms in total. The maximum absolute atomic E-state index is 14.8. The first-order valence-corrected chi connectivity index (χ1v) is 10.6. The molecule has 0 aliphatic rings. The molecule has 0 fully saturated rings. The van der Waals surface area contributed by atoms with E-state index in [1.165, 1.54) is 18.9 Å². The zero-order valence-electron chi connectivity index (χ0n) is 17.7. The van der Waals surface area contributed by atoms with Gasteiger partial charge in [0.25, 0.3) is 0 Å². The molecule has 0 aromatic heterocycles. The van der Waals surface area contributed by atoms with Gasteiger partial charge >= 0.3 is 6.11 Å². The van der Waals surface area contributed by atoms with Crippen LogP contribution in [0.15, 0.2) is 60.7 Å². The first-order valence-electron chi connectivity index (χ1n) is 10.6. The minimum atomic E-state index is -3.49. The summed E-state index contributed by atoms with van der Waals surface area (Å²) >= 11 is 0. The van der Waals surface area contributed by atoms with Gasteiger partial charge < -0.3 is 4.74 Å². The summed E-state index contributed by atoms with van der Waals surface area (Å²) in [5.74, 6) is -2.45. The minimum absolute atomic E-state index is 0.269. The van der Waals surface area contributed by atoms with Crippen molar-refractivity contribution in [2.24, 2.45) is 0 Å². The van der Waals surface area contributed by atoms with Gasteiger partial charge in [0.1, 0.15) is 17.4 Å². The van der Waals surface area contributed by atoms with Crippen molar-refractivity contribution < 1.29 is 22.3 Å². The van der Waals surface area contributed by atoms with Gasteiger partial charge in [-0.25, -0.2) is 8.78 Å². The number of halogens is 4. The Balaban J connectivity index is 1.95. The third-order valence-electron chi connectivity index (χ3n) is 5.22. The molecule has 0 heterocycles. The van der Waals surface area contributed by atoms with E-state index < -0.39 is 29.9 Å². The smallest absolute Gasteiger partial charge is 0.397 e. The Morgan fingerprint density at radius 1 is 0.806 bits per heavy atom. The fourth-order valence-corrected chi connectivity index (χ4v) is 3.49. The van der Waals surface area contributed by atoms with Crippen molar-refractivity contribution in [2.75, 3.05) is 0 Å². The lowest BCUT2D eigenvalue weighted by Crippen LogP contribution is -2.23. The fraction of sp³-hybridized carbons (Fsp3) is 0.308. The molecule has 0 saturated heterocycles. The maximum Gasteiger partial charge on any atom is 0.397 e. The number of unbranched alkanes of at least 4 members (excludes halogenated alkanes) is 2. The van der Waals surface area contributed by atoms with Crippen molar-refractivity contribution in [1.29, 1.82) is 0 Å². The highest BCUT2D eigenvalue weighted by Gasteiger charge is 2.29. The van der Waals surface area contributed by atoms with Crippen LogP contribution in [0.4, 0.5) is 17.6 Å². The molecule has 3 aromatic carbocycles. The summed E-state index contributed by atoms with van der Waals surface area (Å²) in [7, 11) is 0. The number of ether oxygens (including phenoxy) is 1. The van der Waals surface area contributed by atoms with E-state index in [0.29, 0.717) is 11.1 Å². The lowest BCUT2D eigenvalue weighted by molar-refractivity contribution is -0.177. The number of benzene rings is 3. The van der Waals surface area contributed by atoms with Gasteiger partial charge in [0, 0.05) is 18.6 Å². The van der Waals surface area contributed by atoms with Crippen LogP contribution in [0.2, 0.25) is 0 Å². The minimum Gasteiger partial charge on any atom is -0.432 e. The van der Waals surface area contributed by atoms with Gasteiger partial charge in [0.2, 0.25) is 0 Å². The largest absolute Gasteiger partial charge is 0.432 e.